The highest BCUT2D eigenvalue weighted by molar-refractivity contribution is 7.86. The lowest BCUT2D eigenvalue weighted by Gasteiger charge is -2.08. The fraction of sp³-hybridized carbons (Fsp3) is 0.0909. The summed E-state index contributed by atoms with van der Waals surface area (Å²) in [7, 11) is -2.73. The average molecular weight is 301 g/mol. The fourth-order valence-electron chi connectivity index (χ4n) is 1.75. The Hall–Kier alpha value is -1.48. The van der Waals surface area contributed by atoms with Gasteiger partial charge in [0.2, 0.25) is 0 Å². The van der Waals surface area contributed by atoms with Gasteiger partial charge in [-0.3, -0.25) is 4.55 Å². The van der Waals surface area contributed by atoms with E-state index < -0.39 is 26.1 Å². The van der Waals surface area contributed by atoms with Crippen LogP contribution in [0.3, 0.4) is 0 Å². The number of benzene rings is 2. The Kier molecular flexibility index (Phi) is 3.59. The monoisotopic (exact) mass is 301 g/mol. The van der Waals surface area contributed by atoms with Crippen LogP contribution in [0.25, 0.3) is 10.8 Å². The summed E-state index contributed by atoms with van der Waals surface area (Å²) in [6, 6.07) is 7.17. The Bertz CT molecular complexity index is 770. The standard InChI is InChI=1S/C11H11NO5S2/c1-12-8-3-2-7-4-9(19(15,16)17)6-11(18(13)14)10(7)5-8/h2-6,12H,1H3,(H,13,14)(H,15,16,17). The van der Waals surface area contributed by atoms with Gasteiger partial charge in [0.25, 0.3) is 10.1 Å². The van der Waals surface area contributed by atoms with Gasteiger partial charge in [-0.25, -0.2) is 4.21 Å². The van der Waals surface area contributed by atoms with Crippen LogP contribution in [0.5, 0.6) is 0 Å². The molecule has 102 valence electrons. The van der Waals surface area contributed by atoms with Crippen LogP contribution >= 0.6 is 0 Å². The summed E-state index contributed by atoms with van der Waals surface area (Å²) in [4.78, 5) is -0.475. The van der Waals surface area contributed by atoms with Gasteiger partial charge >= 0.3 is 0 Å². The molecule has 1 atom stereocenters. The largest absolute Gasteiger partial charge is 0.388 e. The Morgan fingerprint density at radius 2 is 1.89 bits per heavy atom. The molecule has 0 aliphatic heterocycles. The van der Waals surface area contributed by atoms with E-state index in [1.54, 1.807) is 25.2 Å². The third-order valence-corrected chi connectivity index (χ3v) is 4.21. The molecule has 2 aromatic carbocycles. The second-order valence-electron chi connectivity index (χ2n) is 3.83. The molecule has 0 aliphatic rings. The molecule has 3 N–H and O–H groups in total. The maximum Gasteiger partial charge on any atom is 0.294 e. The third-order valence-electron chi connectivity index (χ3n) is 2.66. The summed E-state index contributed by atoms with van der Waals surface area (Å²) >= 11 is -2.36. The van der Waals surface area contributed by atoms with Crippen LogP contribution in [0.1, 0.15) is 0 Å². The Morgan fingerprint density at radius 3 is 2.42 bits per heavy atom. The molecule has 2 rings (SSSR count). The molecule has 0 amide bonds. The van der Waals surface area contributed by atoms with Gasteiger partial charge in [0.15, 0.2) is 11.1 Å². The van der Waals surface area contributed by atoms with Gasteiger partial charge in [-0.05, 0) is 29.7 Å². The molecule has 0 saturated heterocycles. The Balaban J connectivity index is 2.87. The summed E-state index contributed by atoms with van der Waals surface area (Å²) in [5.41, 5.74) is 0.721. The van der Waals surface area contributed by atoms with Crippen molar-refractivity contribution in [2.24, 2.45) is 0 Å². The second kappa shape index (κ2) is 4.89. The lowest BCUT2D eigenvalue weighted by molar-refractivity contribution is 0.483. The fourth-order valence-corrected chi connectivity index (χ4v) is 2.96. The van der Waals surface area contributed by atoms with Gasteiger partial charge in [-0.1, -0.05) is 6.07 Å². The first-order valence-corrected chi connectivity index (χ1v) is 7.71. The minimum Gasteiger partial charge on any atom is -0.388 e. The molecule has 1 unspecified atom stereocenters. The molecule has 0 spiro atoms. The van der Waals surface area contributed by atoms with Crippen LogP contribution < -0.4 is 5.32 Å². The highest BCUT2D eigenvalue weighted by Crippen LogP contribution is 2.28. The highest BCUT2D eigenvalue weighted by atomic mass is 32.2. The van der Waals surface area contributed by atoms with E-state index in [1.807, 2.05) is 0 Å². The molecule has 0 radical (unpaired) electrons. The number of anilines is 1. The van der Waals surface area contributed by atoms with Gasteiger partial charge in [-0.15, -0.1) is 0 Å². The van der Waals surface area contributed by atoms with Gasteiger partial charge in [0, 0.05) is 18.1 Å². The third kappa shape index (κ3) is 2.76. The topological polar surface area (TPSA) is 104 Å². The van der Waals surface area contributed by atoms with E-state index in [1.165, 1.54) is 6.07 Å². The van der Waals surface area contributed by atoms with Crippen molar-refractivity contribution in [1.82, 2.24) is 0 Å². The van der Waals surface area contributed by atoms with Crippen LogP contribution in [-0.2, 0) is 21.2 Å². The van der Waals surface area contributed by atoms with Crippen LogP contribution in [-0.4, -0.2) is 28.8 Å². The first kappa shape index (κ1) is 13.9. The predicted octanol–water partition coefficient (Wildman–Crippen LogP) is 1.71. The van der Waals surface area contributed by atoms with Crippen molar-refractivity contribution in [3.05, 3.63) is 30.3 Å². The van der Waals surface area contributed by atoms with E-state index in [-0.39, 0.29) is 4.90 Å². The van der Waals surface area contributed by atoms with E-state index in [4.69, 9.17) is 4.55 Å². The van der Waals surface area contributed by atoms with E-state index in [0.717, 1.165) is 11.8 Å². The molecular weight excluding hydrogens is 290 g/mol. The summed E-state index contributed by atoms with van der Waals surface area (Å²) in [6.45, 7) is 0. The number of fused-ring (bicyclic) bond motifs is 1. The minimum atomic E-state index is -4.43. The van der Waals surface area contributed by atoms with Crippen molar-refractivity contribution < 1.29 is 21.7 Å². The lowest BCUT2D eigenvalue weighted by Crippen LogP contribution is -2.01. The minimum absolute atomic E-state index is 0.0674. The normalized spacial score (nSPS) is 13.4. The first-order chi connectivity index (χ1) is 8.82. The molecule has 0 saturated carbocycles. The average Bonchev–Trinajstić information content (AvgIpc) is 2.35. The van der Waals surface area contributed by atoms with E-state index in [2.05, 4.69) is 5.32 Å². The van der Waals surface area contributed by atoms with Crippen LogP contribution in [0, 0.1) is 0 Å². The molecule has 0 fully saturated rings. The molecule has 6 nitrogen and oxygen atoms in total. The Morgan fingerprint density at radius 1 is 1.21 bits per heavy atom. The maximum atomic E-state index is 11.3. The smallest absolute Gasteiger partial charge is 0.294 e. The van der Waals surface area contributed by atoms with Gasteiger partial charge in [0.1, 0.15) is 0 Å². The zero-order valence-corrected chi connectivity index (χ0v) is 11.5. The molecule has 8 heteroatoms. The number of hydrogen-bond acceptors (Lipinski definition) is 4. The van der Waals surface area contributed by atoms with Crippen molar-refractivity contribution in [1.29, 1.82) is 0 Å². The molecule has 2 aromatic rings. The summed E-state index contributed by atoms with van der Waals surface area (Å²) in [6.07, 6.45) is 0. The molecule has 0 aromatic heterocycles. The Labute approximate surface area is 112 Å². The van der Waals surface area contributed by atoms with Crippen molar-refractivity contribution >= 4 is 37.7 Å². The second-order valence-corrected chi connectivity index (χ2v) is 6.19. The van der Waals surface area contributed by atoms with Crippen molar-refractivity contribution in [3.8, 4) is 0 Å². The molecule has 19 heavy (non-hydrogen) atoms. The molecular formula is C11H11NO5S2. The summed E-state index contributed by atoms with van der Waals surface area (Å²) < 4.78 is 51.9. The van der Waals surface area contributed by atoms with Crippen LogP contribution in [0.15, 0.2) is 40.1 Å². The number of hydrogen-bond donors (Lipinski definition) is 3. The quantitative estimate of drug-likeness (QED) is 0.589. The van der Waals surface area contributed by atoms with Crippen LogP contribution in [0.2, 0.25) is 0 Å². The number of nitrogens with one attached hydrogen (secondary N) is 1. The zero-order chi connectivity index (χ0) is 14.2. The van der Waals surface area contributed by atoms with E-state index in [0.29, 0.717) is 10.8 Å². The maximum absolute atomic E-state index is 11.3. The van der Waals surface area contributed by atoms with Crippen molar-refractivity contribution in [2.45, 2.75) is 9.79 Å². The predicted molar refractivity (Wildman–Crippen MR) is 72.3 cm³/mol. The van der Waals surface area contributed by atoms with E-state index >= 15 is 0 Å². The summed E-state index contributed by atoms with van der Waals surface area (Å²) in [5.74, 6) is 0. The van der Waals surface area contributed by atoms with Crippen molar-refractivity contribution in [3.63, 3.8) is 0 Å². The van der Waals surface area contributed by atoms with Gasteiger partial charge < -0.3 is 9.87 Å². The summed E-state index contributed by atoms with van der Waals surface area (Å²) in [5, 5.41) is 3.78. The van der Waals surface area contributed by atoms with Crippen LogP contribution in [0.4, 0.5) is 5.69 Å². The molecule has 0 aliphatic carbocycles. The molecule has 0 heterocycles. The molecule has 0 bridgehead atoms. The number of rotatable bonds is 3. The van der Waals surface area contributed by atoms with Gasteiger partial charge in [0.05, 0.1) is 9.79 Å². The highest BCUT2D eigenvalue weighted by Gasteiger charge is 2.16. The first-order valence-electron chi connectivity index (χ1n) is 5.17. The van der Waals surface area contributed by atoms with Crippen molar-refractivity contribution in [2.75, 3.05) is 12.4 Å². The zero-order valence-electron chi connectivity index (χ0n) is 9.82. The SMILES string of the molecule is CNc1ccc2cc(S(=O)(=O)O)cc(S(=O)O)c2c1. The lowest BCUT2D eigenvalue weighted by atomic mass is 10.1. The van der Waals surface area contributed by atoms with E-state index in [9.17, 15) is 17.2 Å². The van der Waals surface area contributed by atoms with Gasteiger partial charge in [-0.2, -0.15) is 8.42 Å².